The fourth-order valence-electron chi connectivity index (χ4n) is 6.34. The van der Waals surface area contributed by atoms with Crippen LogP contribution in [0.5, 0.6) is 5.75 Å². The topological polar surface area (TPSA) is 20.2 Å². The van der Waals surface area contributed by atoms with Crippen molar-refractivity contribution in [3.8, 4) is 5.75 Å². The van der Waals surface area contributed by atoms with Crippen molar-refractivity contribution in [2.45, 2.75) is 83.5 Å². The number of phenolic OH excluding ortho intramolecular Hbond substituents is 1. The predicted octanol–water partition coefficient (Wildman–Crippen LogP) is 8.27. The Hall–Kier alpha value is -1.83. The van der Waals surface area contributed by atoms with E-state index in [1.165, 1.54) is 75.5 Å². The summed E-state index contributed by atoms with van der Waals surface area (Å²) in [5.74, 6) is 3.54. The van der Waals surface area contributed by atoms with Crippen molar-refractivity contribution in [1.82, 2.24) is 0 Å². The lowest BCUT2D eigenvalue weighted by Gasteiger charge is -2.38. The Morgan fingerprint density at radius 3 is 2.06 bits per heavy atom. The van der Waals surface area contributed by atoms with Gasteiger partial charge in [0.1, 0.15) is 0 Å². The van der Waals surface area contributed by atoms with E-state index in [-0.39, 0.29) is 5.75 Å². The molecular weight excluding hydrogens is 383 g/mol. The molecule has 1 N–H and O–H groups in total. The predicted molar refractivity (Wildman–Crippen MR) is 127 cm³/mol. The van der Waals surface area contributed by atoms with Crippen molar-refractivity contribution in [2.24, 2.45) is 23.7 Å². The van der Waals surface area contributed by atoms with Gasteiger partial charge in [-0.1, -0.05) is 69.0 Å². The lowest BCUT2D eigenvalue weighted by Crippen LogP contribution is -2.26. The average molecular weight is 423 g/mol. The van der Waals surface area contributed by atoms with E-state index in [0.29, 0.717) is 5.92 Å². The van der Waals surface area contributed by atoms with E-state index in [4.69, 9.17) is 0 Å². The molecule has 31 heavy (non-hydrogen) atoms. The number of aryl methyl sites for hydroxylation is 1. The van der Waals surface area contributed by atoms with Gasteiger partial charge in [0.05, 0.1) is 0 Å². The van der Waals surface area contributed by atoms with E-state index < -0.39 is 5.82 Å². The van der Waals surface area contributed by atoms with E-state index in [1.807, 2.05) is 6.07 Å². The summed E-state index contributed by atoms with van der Waals surface area (Å²) < 4.78 is 13.5. The molecule has 1 atom stereocenters. The van der Waals surface area contributed by atoms with E-state index in [1.54, 1.807) is 0 Å². The zero-order chi connectivity index (χ0) is 21.6. The number of halogens is 1. The molecule has 0 radical (unpaired) electrons. The quantitative estimate of drug-likeness (QED) is 0.476. The minimum atomic E-state index is -0.491. The molecule has 2 aromatic rings. The maximum Gasteiger partial charge on any atom is 0.165 e. The van der Waals surface area contributed by atoms with E-state index >= 15 is 0 Å². The smallest absolute Gasteiger partial charge is 0.165 e. The van der Waals surface area contributed by atoms with Crippen LogP contribution in [0.4, 0.5) is 4.39 Å². The first-order valence-electron chi connectivity index (χ1n) is 12.6. The maximum atomic E-state index is 13.5. The number of rotatable bonds is 7. The summed E-state index contributed by atoms with van der Waals surface area (Å²) >= 11 is 0. The molecule has 1 nitrogen and oxygen atoms in total. The zero-order valence-corrected chi connectivity index (χ0v) is 19.1. The van der Waals surface area contributed by atoms with Gasteiger partial charge in [-0.15, -0.1) is 0 Å². The molecular formula is C29H39FO. The Morgan fingerprint density at radius 1 is 0.839 bits per heavy atom. The van der Waals surface area contributed by atoms with Gasteiger partial charge in [0.25, 0.3) is 0 Å². The number of phenols is 1. The maximum absolute atomic E-state index is 13.5. The van der Waals surface area contributed by atoms with E-state index in [9.17, 15) is 9.50 Å². The summed E-state index contributed by atoms with van der Waals surface area (Å²) in [6.07, 6.45) is 14.6. The number of aromatic hydroxyl groups is 1. The third-order valence-corrected chi connectivity index (χ3v) is 8.36. The number of benzene rings is 2. The van der Waals surface area contributed by atoms with Gasteiger partial charge in [-0.05, 0) is 97.8 Å². The Morgan fingerprint density at radius 2 is 1.45 bits per heavy atom. The van der Waals surface area contributed by atoms with Crippen molar-refractivity contribution >= 4 is 0 Å². The monoisotopic (exact) mass is 422 g/mol. The van der Waals surface area contributed by atoms with Gasteiger partial charge in [0.2, 0.25) is 0 Å². The van der Waals surface area contributed by atoms with Crippen LogP contribution in [0.1, 0.15) is 88.2 Å². The second-order valence-corrected chi connectivity index (χ2v) is 10.4. The fourth-order valence-corrected chi connectivity index (χ4v) is 6.34. The van der Waals surface area contributed by atoms with Crippen LogP contribution in [0.25, 0.3) is 0 Å². The molecule has 2 heteroatoms. The van der Waals surface area contributed by atoms with Crippen LogP contribution in [0.2, 0.25) is 0 Å². The molecule has 0 spiro atoms. The minimum absolute atomic E-state index is 0.242. The van der Waals surface area contributed by atoms with Gasteiger partial charge in [-0.2, -0.15) is 0 Å². The van der Waals surface area contributed by atoms with Crippen LogP contribution in [0.15, 0.2) is 48.5 Å². The SMILES string of the molecule is C[C@@H](CC1CCC(C2CCC(CCc3ccc(O)c(F)c3)CC2)CC1)c1ccccc1. The first-order valence-corrected chi connectivity index (χ1v) is 12.6. The summed E-state index contributed by atoms with van der Waals surface area (Å²) in [7, 11) is 0. The van der Waals surface area contributed by atoms with Crippen LogP contribution in [0, 0.1) is 29.5 Å². The second-order valence-electron chi connectivity index (χ2n) is 10.4. The fraction of sp³-hybridized carbons (Fsp3) is 0.586. The minimum Gasteiger partial charge on any atom is -0.505 e. The summed E-state index contributed by atoms with van der Waals surface area (Å²) in [5.41, 5.74) is 2.51. The van der Waals surface area contributed by atoms with Crippen molar-refractivity contribution in [3.63, 3.8) is 0 Å². The molecule has 4 rings (SSSR count). The highest BCUT2D eigenvalue weighted by atomic mass is 19.1. The number of hydrogen-bond donors (Lipinski definition) is 1. The molecule has 2 aliphatic rings. The second kappa shape index (κ2) is 10.7. The molecule has 2 aliphatic carbocycles. The Balaban J connectivity index is 1.16. The van der Waals surface area contributed by atoms with Crippen molar-refractivity contribution in [1.29, 1.82) is 0 Å². The van der Waals surface area contributed by atoms with Gasteiger partial charge in [-0.25, -0.2) is 4.39 Å². The van der Waals surface area contributed by atoms with Crippen LogP contribution < -0.4 is 0 Å². The third-order valence-electron chi connectivity index (χ3n) is 8.36. The molecule has 2 saturated carbocycles. The van der Waals surface area contributed by atoms with Crippen molar-refractivity contribution in [2.75, 3.05) is 0 Å². The molecule has 0 aromatic heterocycles. The highest BCUT2D eigenvalue weighted by Gasteiger charge is 2.31. The summed E-state index contributed by atoms with van der Waals surface area (Å²) in [4.78, 5) is 0. The molecule has 0 unspecified atom stereocenters. The van der Waals surface area contributed by atoms with Crippen LogP contribution in [-0.2, 0) is 6.42 Å². The van der Waals surface area contributed by atoms with Crippen LogP contribution in [0.3, 0.4) is 0 Å². The van der Waals surface area contributed by atoms with Gasteiger partial charge >= 0.3 is 0 Å². The van der Waals surface area contributed by atoms with Gasteiger partial charge in [0, 0.05) is 0 Å². The first kappa shape index (κ1) is 22.4. The normalized spacial score (nSPS) is 27.7. The third kappa shape index (κ3) is 6.11. The first-order chi connectivity index (χ1) is 15.1. The highest BCUT2D eigenvalue weighted by Crippen LogP contribution is 2.44. The Labute approximate surface area is 188 Å². The van der Waals surface area contributed by atoms with E-state index in [0.717, 1.165) is 42.1 Å². The zero-order valence-electron chi connectivity index (χ0n) is 19.1. The van der Waals surface area contributed by atoms with Gasteiger partial charge in [0.15, 0.2) is 11.6 Å². The van der Waals surface area contributed by atoms with Crippen molar-refractivity contribution < 1.29 is 9.50 Å². The largest absolute Gasteiger partial charge is 0.505 e. The highest BCUT2D eigenvalue weighted by molar-refractivity contribution is 5.28. The number of hydrogen-bond acceptors (Lipinski definition) is 1. The molecule has 0 amide bonds. The van der Waals surface area contributed by atoms with Gasteiger partial charge < -0.3 is 5.11 Å². The van der Waals surface area contributed by atoms with Crippen LogP contribution >= 0.6 is 0 Å². The summed E-state index contributed by atoms with van der Waals surface area (Å²) in [6.45, 7) is 2.40. The Bertz CT molecular complexity index is 801. The van der Waals surface area contributed by atoms with Gasteiger partial charge in [-0.3, -0.25) is 0 Å². The molecule has 2 fully saturated rings. The standard InChI is InChI=1S/C29H39FO/c1-21(25-5-3-2-4-6-25)19-23-11-16-27(17-12-23)26-14-9-22(10-15-26)7-8-24-13-18-29(31)28(30)20-24/h2-6,13,18,20-23,26-27,31H,7-12,14-17,19H2,1H3/t21-,22?,23?,26?,27?/m0/s1. The molecule has 0 heterocycles. The average Bonchev–Trinajstić information content (AvgIpc) is 2.81. The molecule has 0 bridgehead atoms. The van der Waals surface area contributed by atoms with Crippen LogP contribution in [-0.4, -0.2) is 5.11 Å². The molecule has 0 aliphatic heterocycles. The molecule has 0 saturated heterocycles. The molecule has 168 valence electrons. The summed E-state index contributed by atoms with van der Waals surface area (Å²) in [5, 5.41) is 9.35. The molecule has 2 aromatic carbocycles. The lowest BCUT2D eigenvalue weighted by molar-refractivity contribution is 0.139. The lowest BCUT2D eigenvalue weighted by atomic mass is 9.67. The summed E-state index contributed by atoms with van der Waals surface area (Å²) in [6, 6.07) is 15.9. The van der Waals surface area contributed by atoms with E-state index in [2.05, 4.69) is 37.3 Å². The Kier molecular flexibility index (Phi) is 7.69. The van der Waals surface area contributed by atoms with Crippen molar-refractivity contribution in [3.05, 3.63) is 65.5 Å².